The monoisotopic (exact) mass is 314 g/mol. The van der Waals surface area contributed by atoms with E-state index >= 15 is 0 Å². The molecule has 116 valence electrons. The molecule has 0 spiro atoms. The molecule has 1 aromatic rings. The summed E-state index contributed by atoms with van der Waals surface area (Å²) in [5.41, 5.74) is 0.967. The maximum atomic E-state index is 11.6. The Morgan fingerprint density at radius 2 is 1.57 bits per heavy atom. The van der Waals surface area contributed by atoms with Crippen LogP contribution >= 0.6 is 0 Å². The zero-order valence-corrected chi connectivity index (χ0v) is 12.4. The Morgan fingerprint density at radius 1 is 1.05 bits per heavy atom. The van der Waals surface area contributed by atoms with E-state index in [1.807, 2.05) is 0 Å². The van der Waals surface area contributed by atoms with Crippen LogP contribution in [0.5, 0.6) is 0 Å². The lowest BCUT2D eigenvalue weighted by Crippen LogP contribution is -2.12. The van der Waals surface area contributed by atoms with Crippen molar-refractivity contribution < 1.29 is 23.1 Å². The Morgan fingerprint density at radius 3 is 2.10 bits per heavy atom. The van der Waals surface area contributed by atoms with Crippen LogP contribution < -0.4 is 10.0 Å². The van der Waals surface area contributed by atoms with Gasteiger partial charge in [0.05, 0.1) is 6.26 Å². The van der Waals surface area contributed by atoms with Gasteiger partial charge in [0, 0.05) is 24.2 Å². The van der Waals surface area contributed by atoms with Gasteiger partial charge in [-0.3, -0.25) is 14.3 Å². The predicted molar refractivity (Wildman–Crippen MR) is 79.6 cm³/mol. The first-order valence-corrected chi connectivity index (χ1v) is 8.25. The average Bonchev–Trinajstić information content (AvgIpc) is 2.35. The molecule has 8 heteroatoms. The zero-order chi connectivity index (χ0) is 15.9. The summed E-state index contributed by atoms with van der Waals surface area (Å²) in [4.78, 5) is 21.9. The summed E-state index contributed by atoms with van der Waals surface area (Å²) in [6, 6.07) is 6.26. The van der Waals surface area contributed by atoms with Crippen LogP contribution in [0.1, 0.15) is 25.7 Å². The summed E-state index contributed by atoms with van der Waals surface area (Å²) in [5.74, 6) is -1.08. The van der Waals surface area contributed by atoms with Gasteiger partial charge in [0.15, 0.2) is 0 Å². The number of carboxylic acid groups (broad SMARTS) is 1. The molecule has 0 saturated carbocycles. The molecule has 1 amide bonds. The second-order valence-electron chi connectivity index (χ2n) is 4.60. The highest BCUT2D eigenvalue weighted by atomic mass is 32.2. The molecule has 0 saturated heterocycles. The largest absolute Gasteiger partial charge is 0.481 e. The van der Waals surface area contributed by atoms with Crippen LogP contribution in [0, 0.1) is 0 Å². The fourth-order valence-corrected chi connectivity index (χ4v) is 2.19. The van der Waals surface area contributed by atoms with Gasteiger partial charge in [-0.2, -0.15) is 0 Å². The molecule has 0 fully saturated rings. The van der Waals surface area contributed by atoms with Gasteiger partial charge >= 0.3 is 5.97 Å². The molecule has 7 nitrogen and oxygen atoms in total. The highest BCUT2D eigenvalue weighted by Gasteiger charge is 2.05. The summed E-state index contributed by atoms with van der Waals surface area (Å²) < 4.78 is 24.4. The predicted octanol–water partition coefficient (Wildman–Crippen LogP) is 1.64. The molecule has 0 aliphatic rings. The molecule has 1 aromatic carbocycles. The third kappa shape index (κ3) is 7.93. The number of amides is 1. The summed E-state index contributed by atoms with van der Waals surface area (Å²) in [7, 11) is -3.32. The van der Waals surface area contributed by atoms with E-state index in [1.165, 1.54) is 0 Å². The summed E-state index contributed by atoms with van der Waals surface area (Å²) >= 11 is 0. The van der Waals surface area contributed by atoms with Gasteiger partial charge in [-0.15, -0.1) is 0 Å². The van der Waals surface area contributed by atoms with Crippen molar-refractivity contribution in [3.8, 4) is 0 Å². The Balaban J connectivity index is 2.41. The Hall–Kier alpha value is -2.09. The number of hydrogen-bond donors (Lipinski definition) is 3. The van der Waals surface area contributed by atoms with Crippen molar-refractivity contribution in [3.63, 3.8) is 0 Å². The second-order valence-corrected chi connectivity index (χ2v) is 6.35. The van der Waals surface area contributed by atoms with Crippen molar-refractivity contribution in [1.29, 1.82) is 0 Å². The lowest BCUT2D eigenvalue weighted by atomic mass is 10.2. The van der Waals surface area contributed by atoms with Crippen LogP contribution in [0.2, 0.25) is 0 Å². The van der Waals surface area contributed by atoms with Crippen molar-refractivity contribution in [3.05, 3.63) is 24.3 Å². The summed E-state index contributed by atoms with van der Waals surface area (Å²) in [5, 5.41) is 11.1. The topological polar surface area (TPSA) is 113 Å². The minimum Gasteiger partial charge on any atom is -0.481 e. The molecule has 0 bridgehead atoms. The van der Waals surface area contributed by atoms with Crippen LogP contribution in [0.3, 0.4) is 0 Å². The van der Waals surface area contributed by atoms with E-state index < -0.39 is 16.0 Å². The average molecular weight is 314 g/mol. The Bertz CT molecular complexity index is 595. The first-order chi connectivity index (χ1) is 9.76. The van der Waals surface area contributed by atoms with Gasteiger partial charge in [0.2, 0.25) is 15.9 Å². The number of carbonyl (C=O) groups is 2. The van der Waals surface area contributed by atoms with E-state index in [0.717, 1.165) is 6.26 Å². The summed E-state index contributed by atoms with van der Waals surface area (Å²) in [6.45, 7) is 0. The molecule has 21 heavy (non-hydrogen) atoms. The van der Waals surface area contributed by atoms with Crippen molar-refractivity contribution in [2.45, 2.75) is 25.7 Å². The zero-order valence-electron chi connectivity index (χ0n) is 11.6. The quantitative estimate of drug-likeness (QED) is 0.631. The lowest BCUT2D eigenvalue weighted by molar-refractivity contribution is -0.137. The molecule has 0 heterocycles. The van der Waals surface area contributed by atoms with E-state index in [4.69, 9.17) is 5.11 Å². The molecule has 0 aromatic heterocycles. The molecular weight excluding hydrogens is 296 g/mol. The maximum absolute atomic E-state index is 11.6. The lowest BCUT2D eigenvalue weighted by Gasteiger charge is -2.07. The SMILES string of the molecule is CS(=O)(=O)Nc1ccc(NC(=O)CCCCC(=O)O)cc1. The number of nitrogens with one attached hydrogen (secondary N) is 2. The number of anilines is 2. The van der Waals surface area contributed by atoms with Crippen molar-refractivity contribution in [2.75, 3.05) is 16.3 Å². The van der Waals surface area contributed by atoms with E-state index in [0.29, 0.717) is 24.2 Å². The van der Waals surface area contributed by atoms with Crippen LogP contribution in [-0.2, 0) is 19.6 Å². The minimum absolute atomic E-state index is 0.0547. The number of hydrogen-bond acceptors (Lipinski definition) is 4. The van der Waals surface area contributed by atoms with E-state index in [2.05, 4.69) is 10.0 Å². The Labute approximate surface area is 123 Å². The molecule has 0 atom stereocenters. The first kappa shape index (κ1) is 17.0. The van der Waals surface area contributed by atoms with Crippen LogP contribution in [0.4, 0.5) is 11.4 Å². The van der Waals surface area contributed by atoms with Gasteiger partial charge in [-0.25, -0.2) is 8.42 Å². The molecule has 0 radical (unpaired) electrons. The van der Waals surface area contributed by atoms with Gasteiger partial charge < -0.3 is 10.4 Å². The van der Waals surface area contributed by atoms with Crippen molar-refractivity contribution in [2.24, 2.45) is 0 Å². The fraction of sp³-hybridized carbons (Fsp3) is 0.385. The molecule has 0 aliphatic carbocycles. The van der Waals surface area contributed by atoms with Gasteiger partial charge in [0.25, 0.3) is 0 Å². The number of carboxylic acids is 1. The summed E-state index contributed by atoms with van der Waals surface area (Å²) in [6.07, 6.45) is 2.32. The van der Waals surface area contributed by atoms with Crippen LogP contribution in [-0.4, -0.2) is 31.7 Å². The van der Waals surface area contributed by atoms with Gasteiger partial charge in [-0.1, -0.05) is 0 Å². The molecule has 0 aliphatic heterocycles. The van der Waals surface area contributed by atoms with Crippen molar-refractivity contribution >= 4 is 33.3 Å². The minimum atomic E-state index is -3.32. The highest BCUT2D eigenvalue weighted by molar-refractivity contribution is 7.92. The van der Waals surface area contributed by atoms with Crippen molar-refractivity contribution in [1.82, 2.24) is 0 Å². The standard InChI is InChI=1S/C13H18N2O5S/c1-21(19,20)15-11-8-6-10(7-9-11)14-12(16)4-2-3-5-13(17)18/h6-9,15H,2-5H2,1H3,(H,14,16)(H,17,18). The molecule has 3 N–H and O–H groups in total. The number of unbranched alkanes of at least 4 members (excludes halogenated alkanes) is 1. The fourth-order valence-electron chi connectivity index (χ4n) is 1.62. The van der Waals surface area contributed by atoms with E-state index in [9.17, 15) is 18.0 Å². The number of sulfonamides is 1. The normalized spacial score (nSPS) is 10.9. The van der Waals surface area contributed by atoms with Crippen LogP contribution in [0.15, 0.2) is 24.3 Å². The van der Waals surface area contributed by atoms with E-state index in [-0.39, 0.29) is 18.7 Å². The van der Waals surface area contributed by atoms with Gasteiger partial charge in [0.1, 0.15) is 0 Å². The number of benzene rings is 1. The van der Waals surface area contributed by atoms with Crippen LogP contribution in [0.25, 0.3) is 0 Å². The Kier molecular flexibility index (Phi) is 6.16. The van der Waals surface area contributed by atoms with Gasteiger partial charge in [-0.05, 0) is 37.1 Å². The third-order valence-corrected chi connectivity index (χ3v) is 3.12. The molecule has 1 rings (SSSR count). The second kappa shape index (κ2) is 7.63. The number of carbonyl (C=O) groups excluding carboxylic acids is 1. The van der Waals surface area contributed by atoms with E-state index in [1.54, 1.807) is 24.3 Å². The maximum Gasteiger partial charge on any atom is 0.303 e. The first-order valence-electron chi connectivity index (χ1n) is 6.36. The highest BCUT2D eigenvalue weighted by Crippen LogP contribution is 2.15. The molecule has 0 unspecified atom stereocenters. The number of aliphatic carboxylic acids is 1. The third-order valence-electron chi connectivity index (χ3n) is 2.52. The number of rotatable bonds is 8. The molecular formula is C13H18N2O5S. The smallest absolute Gasteiger partial charge is 0.303 e.